The number of aromatic nitrogens is 1. The molecule has 26 heavy (non-hydrogen) atoms. The number of anilines is 1. The van der Waals surface area contributed by atoms with Crippen LogP contribution in [0.25, 0.3) is 10.1 Å². The SMILES string of the molecule is O=C(NCCNc1ccc(C(F)(F)F)cn1)c1cc2c(F)cccc2s1. The molecule has 0 saturated carbocycles. The number of rotatable bonds is 5. The third-order valence-corrected chi connectivity index (χ3v) is 4.64. The van der Waals surface area contributed by atoms with Gasteiger partial charge in [0.15, 0.2) is 0 Å². The molecule has 0 aliphatic heterocycles. The van der Waals surface area contributed by atoms with Crippen LogP contribution in [0.4, 0.5) is 23.4 Å². The Morgan fingerprint density at radius 2 is 1.96 bits per heavy atom. The van der Waals surface area contributed by atoms with Crippen molar-refractivity contribution in [1.82, 2.24) is 10.3 Å². The van der Waals surface area contributed by atoms with Crippen LogP contribution >= 0.6 is 11.3 Å². The molecule has 2 heterocycles. The summed E-state index contributed by atoms with van der Waals surface area (Å²) in [6.45, 7) is 0.515. The third kappa shape index (κ3) is 4.10. The summed E-state index contributed by atoms with van der Waals surface area (Å²) >= 11 is 1.19. The van der Waals surface area contributed by atoms with Gasteiger partial charge in [-0.3, -0.25) is 4.79 Å². The van der Waals surface area contributed by atoms with E-state index >= 15 is 0 Å². The van der Waals surface area contributed by atoms with Gasteiger partial charge in [-0.05, 0) is 30.3 Å². The minimum Gasteiger partial charge on any atom is -0.368 e. The summed E-state index contributed by atoms with van der Waals surface area (Å²) in [6, 6.07) is 8.29. The minimum absolute atomic E-state index is 0.234. The van der Waals surface area contributed by atoms with E-state index in [0.717, 1.165) is 12.3 Å². The van der Waals surface area contributed by atoms with Gasteiger partial charge in [-0.2, -0.15) is 13.2 Å². The average molecular weight is 383 g/mol. The second-order valence-electron chi connectivity index (χ2n) is 5.37. The molecule has 4 nitrogen and oxygen atoms in total. The third-order valence-electron chi connectivity index (χ3n) is 3.54. The fourth-order valence-corrected chi connectivity index (χ4v) is 3.25. The Bertz CT molecular complexity index is 922. The molecule has 2 aromatic heterocycles. The lowest BCUT2D eigenvalue weighted by Gasteiger charge is -2.09. The minimum atomic E-state index is -4.43. The molecule has 2 N–H and O–H groups in total. The van der Waals surface area contributed by atoms with E-state index in [9.17, 15) is 22.4 Å². The highest BCUT2D eigenvalue weighted by atomic mass is 32.1. The van der Waals surface area contributed by atoms with Crippen molar-refractivity contribution >= 4 is 33.1 Å². The number of fused-ring (bicyclic) bond motifs is 1. The number of thiophene rings is 1. The summed E-state index contributed by atoms with van der Waals surface area (Å²) in [5, 5.41) is 5.88. The fraction of sp³-hybridized carbons (Fsp3) is 0.176. The Hall–Kier alpha value is -2.68. The fourth-order valence-electron chi connectivity index (χ4n) is 2.26. The number of carbonyl (C=O) groups is 1. The maximum Gasteiger partial charge on any atom is 0.417 e. The molecule has 0 atom stereocenters. The summed E-state index contributed by atoms with van der Waals surface area (Å²) in [5.41, 5.74) is -0.826. The molecule has 0 saturated heterocycles. The lowest BCUT2D eigenvalue weighted by molar-refractivity contribution is -0.137. The number of nitrogens with one attached hydrogen (secondary N) is 2. The first-order valence-corrected chi connectivity index (χ1v) is 8.39. The Labute approximate surface area is 149 Å². The maximum absolute atomic E-state index is 13.6. The van der Waals surface area contributed by atoms with E-state index in [1.165, 1.54) is 29.5 Å². The number of hydrogen-bond donors (Lipinski definition) is 2. The second-order valence-corrected chi connectivity index (χ2v) is 6.46. The zero-order valence-electron chi connectivity index (χ0n) is 13.2. The van der Waals surface area contributed by atoms with E-state index in [0.29, 0.717) is 15.0 Å². The van der Waals surface area contributed by atoms with E-state index in [2.05, 4.69) is 15.6 Å². The van der Waals surface area contributed by atoms with Crippen molar-refractivity contribution in [3.05, 3.63) is 58.9 Å². The van der Waals surface area contributed by atoms with Gasteiger partial charge < -0.3 is 10.6 Å². The monoisotopic (exact) mass is 383 g/mol. The van der Waals surface area contributed by atoms with Gasteiger partial charge in [0, 0.05) is 29.4 Å². The Morgan fingerprint density at radius 1 is 1.15 bits per heavy atom. The van der Waals surface area contributed by atoms with Crippen molar-refractivity contribution in [2.45, 2.75) is 6.18 Å². The van der Waals surface area contributed by atoms with E-state index in [1.807, 2.05) is 0 Å². The van der Waals surface area contributed by atoms with Crippen molar-refractivity contribution in [2.24, 2.45) is 0 Å². The van der Waals surface area contributed by atoms with Gasteiger partial charge in [0.1, 0.15) is 11.6 Å². The zero-order valence-corrected chi connectivity index (χ0v) is 14.0. The molecule has 0 unspecified atom stereocenters. The molecule has 9 heteroatoms. The number of carbonyl (C=O) groups excluding carboxylic acids is 1. The van der Waals surface area contributed by atoms with Crippen molar-refractivity contribution in [2.75, 3.05) is 18.4 Å². The van der Waals surface area contributed by atoms with E-state index in [-0.39, 0.29) is 30.6 Å². The number of nitrogens with zero attached hydrogens (tertiary/aromatic N) is 1. The van der Waals surface area contributed by atoms with Gasteiger partial charge in [-0.25, -0.2) is 9.37 Å². The normalized spacial score (nSPS) is 11.5. The first-order chi connectivity index (χ1) is 12.3. The number of hydrogen-bond acceptors (Lipinski definition) is 4. The average Bonchev–Trinajstić information content (AvgIpc) is 3.04. The van der Waals surface area contributed by atoms with Gasteiger partial charge in [0.25, 0.3) is 5.91 Å². The van der Waals surface area contributed by atoms with Crippen LogP contribution < -0.4 is 10.6 Å². The van der Waals surface area contributed by atoms with Crippen LogP contribution in [0.15, 0.2) is 42.6 Å². The summed E-state index contributed by atoms with van der Waals surface area (Å²) in [4.78, 5) is 16.2. The zero-order chi connectivity index (χ0) is 18.7. The summed E-state index contributed by atoms with van der Waals surface area (Å²) in [7, 11) is 0. The smallest absolute Gasteiger partial charge is 0.368 e. The Kier molecular flexibility index (Phi) is 5.08. The largest absolute Gasteiger partial charge is 0.417 e. The molecular weight excluding hydrogens is 370 g/mol. The second kappa shape index (κ2) is 7.28. The van der Waals surface area contributed by atoms with Crippen LogP contribution in [0.3, 0.4) is 0 Å². The molecule has 0 aliphatic rings. The van der Waals surface area contributed by atoms with E-state index in [1.54, 1.807) is 12.1 Å². The van der Waals surface area contributed by atoms with Crippen LogP contribution in [0.2, 0.25) is 0 Å². The van der Waals surface area contributed by atoms with Gasteiger partial charge in [0.05, 0.1) is 10.4 Å². The molecule has 0 aliphatic carbocycles. The number of alkyl halides is 3. The maximum atomic E-state index is 13.6. The first kappa shape index (κ1) is 18.1. The lowest BCUT2D eigenvalue weighted by atomic mass is 10.2. The highest BCUT2D eigenvalue weighted by molar-refractivity contribution is 7.20. The predicted octanol–water partition coefficient (Wildman–Crippen LogP) is 4.30. The molecule has 0 radical (unpaired) electrons. The topological polar surface area (TPSA) is 54.0 Å². The van der Waals surface area contributed by atoms with Crippen LogP contribution in [-0.4, -0.2) is 24.0 Å². The lowest BCUT2D eigenvalue weighted by Crippen LogP contribution is -2.28. The number of pyridine rings is 1. The molecule has 0 bridgehead atoms. The van der Waals surface area contributed by atoms with Crippen LogP contribution in [-0.2, 0) is 6.18 Å². The Balaban J connectivity index is 1.51. The Morgan fingerprint density at radius 3 is 2.62 bits per heavy atom. The van der Waals surface area contributed by atoms with Crippen molar-refractivity contribution in [3.63, 3.8) is 0 Å². The first-order valence-electron chi connectivity index (χ1n) is 7.58. The molecule has 1 aromatic carbocycles. The van der Waals surface area contributed by atoms with Crippen molar-refractivity contribution in [1.29, 1.82) is 0 Å². The predicted molar refractivity (Wildman–Crippen MR) is 91.8 cm³/mol. The molecule has 0 spiro atoms. The molecule has 3 rings (SSSR count). The molecule has 0 fully saturated rings. The van der Waals surface area contributed by atoms with Crippen LogP contribution in [0, 0.1) is 5.82 Å². The van der Waals surface area contributed by atoms with Crippen LogP contribution in [0.1, 0.15) is 15.2 Å². The van der Waals surface area contributed by atoms with Gasteiger partial charge >= 0.3 is 6.18 Å². The summed E-state index contributed by atoms with van der Waals surface area (Å²) in [5.74, 6) is -0.447. The summed E-state index contributed by atoms with van der Waals surface area (Å²) < 4.78 is 51.7. The molecule has 136 valence electrons. The van der Waals surface area contributed by atoms with E-state index < -0.39 is 11.7 Å². The van der Waals surface area contributed by atoms with Crippen molar-refractivity contribution in [3.8, 4) is 0 Å². The van der Waals surface area contributed by atoms with E-state index in [4.69, 9.17) is 0 Å². The number of halogens is 4. The molecule has 1 amide bonds. The highest BCUT2D eigenvalue weighted by Gasteiger charge is 2.30. The van der Waals surface area contributed by atoms with Gasteiger partial charge in [-0.15, -0.1) is 11.3 Å². The number of benzene rings is 1. The van der Waals surface area contributed by atoms with Gasteiger partial charge in [0.2, 0.25) is 0 Å². The quantitative estimate of drug-likeness (QED) is 0.510. The van der Waals surface area contributed by atoms with Crippen LogP contribution in [0.5, 0.6) is 0 Å². The molecule has 3 aromatic rings. The standard InChI is InChI=1S/C17H13F4N3OS/c18-12-2-1-3-13-11(12)8-14(26-13)16(25)23-7-6-22-15-5-4-10(9-24-15)17(19,20)21/h1-5,8-9H,6-7H2,(H,22,24)(H,23,25). The number of amides is 1. The molecular formula is C17H13F4N3OS. The van der Waals surface area contributed by atoms with Crippen molar-refractivity contribution < 1.29 is 22.4 Å². The highest BCUT2D eigenvalue weighted by Crippen LogP contribution is 2.29. The summed E-state index contributed by atoms with van der Waals surface area (Å²) in [6.07, 6.45) is -3.68. The van der Waals surface area contributed by atoms with Gasteiger partial charge in [-0.1, -0.05) is 6.07 Å².